The Morgan fingerprint density at radius 2 is 1.86 bits per heavy atom. The Morgan fingerprint density at radius 3 is 2.45 bits per heavy atom. The highest BCUT2D eigenvalue weighted by atomic mass is 16.5. The van der Waals surface area contributed by atoms with Gasteiger partial charge in [-0.1, -0.05) is 28.5 Å². The summed E-state index contributed by atoms with van der Waals surface area (Å²) < 4.78 is 5.13. The lowest BCUT2D eigenvalue weighted by Gasteiger charge is -2.14. The molecule has 6 nitrogen and oxygen atoms in total. The van der Waals surface area contributed by atoms with Crippen LogP contribution in [0.15, 0.2) is 33.9 Å². The number of aromatic nitrogens is 1. The van der Waals surface area contributed by atoms with E-state index in [1.54, 1.807) is 20.8 Å². The number of amides is 1. The number of carbonyl (C=O) groups is 1. The predicted octanol–water partition coefficient (Wildman–Crippen LogP) is 5.50. The van der Waals surface area contributed by atoms with Gasteiger partial charge in [0, 0.05) is 11.1 Å². The van der Waals surface area contributed by atoms with Crippen LogP contribution in [0.1, 0.15) is 66.4 Å². The first-order chi connectivity index (χ1) is 13.6. The van der Waals surface area contributed by atoms with Gasteiger partial charge in [0.1, 0.15) is 11.5 Å². The molecule has 0 saturated heterocycles. The van der Waals surface area contributed by atoms with Gasteiger partial charge in [0.05, 0.1) is 11.3 Å². The third-order valence-corrected chi connectivity index (χ3v) is 4.94. The highest BCUT2D eigenvalue weighted by Crippen LogP contribution is 2.35. The Hall–Kier alpha value is -3.02. The zero-order valence-electron chi connectivity index (χ0n) is 18.0. The number of rotatable bonds is 7. The molecule has 0 unspecified atom stereocenters. The van der Waals surface area contributed by atoms with Crippen LogP contribution in [-0.2, 0) is 6.42 Å². The van der Waals surface area contributed by atoms with Gasteiger partial charge < -0.3 is 14.7 Å². The van der Waals surface area contributed by atoms with Crippen LogP contribution in [0.5, 0.6) is 11.5 Å². The third-order valence-electron chi connectivity index (χ3n) is 4.94. The van der Waals surface area contributed by atoms with Crippen molar-refractivity contribution < 1.29 is 19.5 Å². The lowest BCUT2D eigenvalue weighted by molar-refractivity contribution is 0.102. The molecule has 0 aliphatic rings. The first-order valence-electron chi connectivity index (χ1n) is 9.69. The van der Waals surface area contributed by atoms with E-state index in [0.29, 0.717) is 23.2 Å². The molecule has 1 aromatic heterocycles. The summed E-state index contributed by atoms with van der Waals surface area (Å²) in [5.74, 6) is -0.514. The number of phenols is 2. The van der Waals surface area contributed by atoms with Crippen LogP contribution in [0.25, 0.3) is 0 Å². The number of allylic oxidation sites excluding steroid dienone is 4. The molecule has 1 aromatic carbocycles. The number of nitrogens with zero attached hydrogens (tertiary/aromatic N) is 1. The van der Waals surface area contributed by atoms with Crippen LogP contribution in [0.3, 0.4) is 0 Å². The zero-order valence-corrected chi connectivity index (χ0v) is 18.0. The molecule has 0 aliphatic carbocycles. The van der Waals surface area contributed by atoms with E-state index in [1.807, 2.05) is 13.0 Å². The molecule has 6 heteroatoms. The Kier molecular flexibility index (Phi) is 7.26. The molecular formula is C23H30N2O4. The molecule has 1 heterocycles. The van der Waals surface area contributed by atoms with Crippen molar-refractivity contribution in [1.82, 2.24) is 5.16 Å². The summed E-state index contributed by atoms with van der Waals surface area (Å²) in [6.07, 6.45) is 6.32. The van der Waals surface area contributed by atoms with Crippen LogP contribution in [0.4, 0.5) is 5.88 Å². The van der Waals surface area contributed by atoms with Crippen LogP contribution in [0, 0.1) is 20.8 Å². The van der Waals surface area contributed by atoms with Gasteiger partial charge in [-0.25, -0.2) is 0 Å². The predicted molar refractivity (Wildman–Crippen MR) is 115 cm³/mol. The monoisotopic (exact) mass is 398 g/mol. The molecular weight excluding hydrogens is 368 g/mol. The van der Waals surface area contributed by atoms with E-state index < -0.39 is 5.91 Å². The minimum absolute atomic E-state index is 0.0309. The third kappa shape index (κ3) is 5.50. The van der Waals surface area contributed by atoms with Crippen molar-refractivity contribution >= 4 is 11.8 Å². The summed E-state index contributed by atoms with van der Waals surface area (Å²) in [5, 5.41) is 27.5. The van der Waals surface area contributed by atoms with Crippen LogP contribution < -0.4 is 5.32 Å². The van der Waals surface area contributed by atoms with Crippen molar-refractivity contribution in [3.8, 4) is 11.5 Å². The second-order valence-electron chi connectivity index (χ2n) is 7.67. The number of hydrogen-bond donors (Lipinski definition) is 3. The fraction of sp³-hybridized carbons (Fsp3) is 0.391. The molecule has 3 N–H and O–H groups in total. The van der Waals surface area contributed by atoms with Gasteiger partial charge in [0.2, 0.25) is 5.88 Å². The standard InChI is InChI=1S/C23H30N2O4/c1-13(2)8-7-9-14(3)10-11-18-19(26)12-15(4)20(21(18)27)22(28)24-23-16(5)17(6)25-29-23/h8,10,12,26-27H,7,9,11H2,1-6H3,(H,24,28)/b14-10+. The minimum Gasteiger partial charge on any atom is -0.508 e. The van der Waals surface area contributed by atoms with Crippen molar-refractivity contribution in [2.75, 3.05) is 5.32 Å². The summed E-state index contributed by atoms with van der Waals surface area (Å²) >= 11 is 0. The van der Waals surface area contributed by atoms with E-state index >= 15 is 0 Å². The van der Waals surface area contributed by atoms with Crippen LogP contribution in [-0.4, -0.2) is 21.3 Å². The van der Waals surface area contributed by atoms with E-state index in [-0.39, 0.29) is 22.9 Å². The van der Waals surface area contributed by atoms with Crippen molar-refractivity contribution in [2.24, 2.45) is 0 Å². The normalized spacial score (nSPS) is 11.4. The second kappa shape index (κ2) is 9.45. The molecule has 0 bridgehead atoms. The molecule has 0 radical (unpaired) electrons. The van der Waals surface area contributed by atoms with Gasteiger partial charge in [-0.3, -0.25) is 10.1 Å². The van der Waals surface area contributed by atoms with E-state index in [2.05, 4.69) is 30.4 Å². The average molecular weight is 399 g/mol. The Morgan fingerprint density at radius 1 is 1.17 bits per heavy atom. The highest BCUT2D eigenvalue weighted by Gasteiger charge is 2.22. The quantitative estimate of drug-likeness (QED) is 0.535. The van der Waals surface area contributed by atoms with Crippen LogP contribution >= 0.6 is 0 Å². The van der Waals surface area contributed by atoms with E-state index in [9.17, 15) is 15.0 Å². The zero-order chi connectivity index (χ0) is 21.7. The number of carbonyl (C=O) groups excluding carboxylic acids is 1. The van der Waals surface area contributed by atoms with Gasteiger partial charge in [-0.05, 0) is 72.4 Å². The minimum atomic E-state index is -0.509. The summed E-state index contributed by atoms with van der Waals surface area (Å²) in [6.45, 7) is 11.4. The first kappa shape index (κ1) is 22.3. The number of benzene rings is 1. The topological polar surface area (TPSA) is 95.6 Å². The molecule has 29 heavy (non-hydrogen) atoms. The van der Waals surface area contributed by atoms with E-state index in [1.165, 1.54) is 11.6 Å². The summed E-state index contributed by atoms with van der Waals surface area (Å²) in [6, 6.07) is 1.49. The number of aryl methyl sites for hydroxylation is 2. The van der Waals surface area contributed by atoms with Gasteiger partial charge in [0.25, 0.3) is 5.91 Å². The van der Waals surface area contributed by atoms with Crippen molar-refractivity contribution in [2.45, 2.75) is 60.8 Å². The molecule has 0 fully saturated rings. The van der Waals surface area contributed by atoms with Crippen molar-refractivity contribution in [3.05, 3.63) is 57.3 Å². The van der Waals surface area contributed by atoms with Gasteiger partial charge in [0.15, 0.2) is 0 Å². The van der Waals surface area contributed by atoms with Crippen LogP contribution in [0.2, 0.25) is 0 Å². The first-order valence-corrected chi connectivity index (χ1v) is 9.69. The molecule has 0 saturated carbocycles. The Labute approximate surface area is 171 Å². The molecule has 2 aromatic rings. The smallest absolute Gasteiger partial charge is 0.262 e. The molecule has 0 aliphatic heterocycles. The van der Waals surface area contributed by atoms with Crippen molar-refractivity contribution in [3.63, 3.8) is 0 Å². The maximum Gasteiger partial charge on any atom is 0.262 e. The number of phenolic OH excluding ortho intramolecular Hbond substituents is 2. The summed E-state index contributed by atoms with van der Waals surface area (Å²) in [4.78, 5) is 12.8. The number of nitrogens with one attached hydrogen (secondary N) is 1. The van der Waals surface area contributed by atoms with Gasteiger partial charge in [-0.2, -0.15) is 0 Å². The maximum atomic E-state index is 12.8. The number of hydrogen-bond acceptors (Lipinski definition) is 5. The molecule has 0 atom stereocenters. The molecule has 156 valence electrons. The lowest BCUT2D eigenvalue weighted by Crippen LogP contribution is -2.14. The van der Waals surface area contributed by atoms with E-state index in [0.717, 1.165) is 24.0 Å². The maximum absolute atomic E-state index is 12.8. The fourth-order valence-electron chi connectivity index (χ4n) is 2.98. The summed E-state index contributed by atoms with van der Waals surface area (Å²) in [7, 11) is 0. The Balaban J connectivity index is 2.26. The SMILES string of the molecule is CC(C)=CCC/C(C)=C/Cc1c(O)cc(C)c(C(=O)Nc2onc(C)c2C)c1O. The average Bonchev–Trinajstić information content (AvgIpc) is 2.93. The Bertz CT molecular complexity index is 964. The fourth-order valence-corrected chi connectivity index (χ4v) is 2.98. The number of anilines is 1. The van der Waals surface area contributed by atoms with Gasteiger partial charge in [-0.15, -0.1) is 0 Å². The van der Waals surface area contributed by atoms with E-state index in [4.69, 9.17) is 4.52 Å². The number of aromatic hydroxyl groups is 2. The molecule has 1 amide bonds. The largest absolute Gasteiger partial charge is 0.508 e. The lowest BCUT2D eigenvalue weighted by atomic mass is 9.98. The van der Waals surface area contributed by atoms with Crippen molar-refractivity contribution in [1.29, 1.82) is 0 Å². The molecule has 2 rings (SSSR count). The molecule has 0 spiro atoms. The summed E-state index contributed by atoms with van der Waals surface area (Å²) in [5.41, 5.74) is 4.75. The highest BCUT2D eigenvalue weighted by molar-refractivity contribution is 6.07. The van der Waals surface area contributed by atoms with Gasteiger partial charge >= 0.3 is 0 Å². The second-order valence-corrected chi connectivity index (χ2v) is 7.67.